The summed E-state index contributed by atoms with van der Waals surface area (Å²) in [5, 5.41) is 2.05. The van der Waals surface area contributed by atoms with Gasteiger partial charge in [-0.2, -0.15) is 0 Å². The molecule has 0 saturated heterocycles. The van der Waals surface area contributed by atoms with Crippen molar-refractivity contribution in [3.05, 3.63) is 16.3 Å². The van der Waals surface area contributed by atoms with Gasteiger partial charge in [-0.05, 0) is 18.9 Å². The topological polar surface area (TPSA) is 29.5 Å². The van der Waals surface area contributed by atoms with E-state index in [0.29, 0.717) is 12.6 Å². The molecule has 1 heterocycles. The van der Waals surface area contributed by atoms with Gasteiger partial charge in [-0.25, -0.2) is 0 Å². The zero-order chi connectivity index (χ0) is 12.7. The van der Waals surface area contributed by atoms with Crippen molar-refractivity contribution in [1.29, 1.82) is 0 Å². The number of carbonyl (C=O) groups is 1. The summed E-state index contributed by atoms with van der Waals surface area (Å²) >= 11 is 1.50. The summed E-state index contributed by atoms with van der Waals surface area (Å²) < 4.78 is 5.16. The van der Waals surface area contributed by atoms with Crippen molar-refractivity contribution in [2.24, 2.45) is 0 Å². The maximum atomic E-state index is 10.7. The van der Waals surface area contributed by atoms with Crippen molar-refractivity contribution in [1.82, 2.24) is 0 Å². The Hall–Kier alpha value is -0.870. The van der Waals surface area contributed by atoms with Gasteiger partial charge in [-0.1, -0.05) is 13.8 Å². The van der Waals surface area contributed by atoms with Crippen LogP contribution in [-0.4, -0.2) is 32.6 Å². The molecule has 3 nitrogen and oxygen atoms in total. The Morgan fingerprint density at radius 3 is 2.65 bits per heavy atom. The Morgan fingerprint density at radius 2 is 2.18 bits per heavy atom. The van der Waals surface area contributed by atoms with Gasteiger partial charge < -0.3 is 9.64 Å². The number of nitrogens with zero attached hydrogens (tertiary/aromatic N) is 1. The largest absolute Gasteiger partial charge is 0.383 e. The molecule has 0 aliphatic heterocycles. The molecule has 17 heavy (non-hydrogen) atoms. The lowest BCUT2D eigenvalue weighted by Crippen LogP contribution is -2.36. The van der Waals surface area contributed by atoms with Crippen LogP contribution in [0.15, 0.2) is 11.4 Å². The maximum Gasteiger partial charge on any atom is 0.160 e. The Kier molecular flexibility index (Phi) is 6.22. The van der Waals surface area contributed by atoms with Gasteiger partial charge in [0.15, 0.2) is 6.29 Å². The predicted molar refractivity (Wildman–Crippen MR) is 73.3 cm³/mol. The predicted octanol–water partition coefficient (Wildman–Crippen LogP) is 3.20. The highest BCUT2D eigenvalue weighted by Gasteiger charge is 2.16. The van der Waals surface area contributed by atoms with E-state index in [1.54, 1.807) is 7.11 Å². The molecule has 0 amide bonds. The monoisotopic (exact) mass is 255 g/mol. The number of thiophene rings is 1. The van der Waals surface area contributed by atoms with Crippen LogP contribution in [-0.2, 0) is 4.74 Å². The van der Waals surface area contributed by atoms with Crippen LogP contribution in [0.4, 0.5) is 5.69 Å². The van der Waals surface area contributed by atoms with Gasteiger partial charge in [0.2, 0.25) is 0 Å². The first-order valence-corrected chi connectivity index (χ1v) is 6.94. The average Bonchev–Trinajstić information content (AvgIpc) is 2.83. The molecule has 0 bridgehead atoms. The van der Waals surface area contributed by atoms with E-state index in [1.165, 1.54) is 11.3 Å². The molecule has 0 radical (unpaired) electrons. The number of anilines is 1. The summed E-state index contributed by atoms with van der Waals surface area (Å²) in [6.45, 7) is 5.97. The first-order valence-electron chi connectivity index (χ1n) is 6.06. The Bertz CT molecular complexity index is 334. The lowest BCUT2D eigenvalue weighted by atomic mass is 10.1. The first kappa shape index (κ1) is 14.2. The molecule has 0 spiro atoms. The van der Waals surface area contributed by atoms with E-state index < -0.39 is 0 Å². The van der Waals surface area contributed by atoms with Crippen molar-refractivity contribution in [3.63, 3.8) is 0 Å². The summed E-state index contributed by atoms with van der Waals surface area (Å²) in [5.41, 5.74) is 1.14. The first-order chi connectivity index (χ1) is 8.26. The van der Waals surface area contributed by atoms with Gasteiger partial charge >= 0.3 is 0 Å². The number of ether oxygens (including phenoxy) is 1. The average molecular weight is 255 g/mol. The quantitative estimate of drug-likeness (QED) is 0.668. The van der Waals surface area contributed by atoms with Crippen LogP contribution in [0.2, 0.25) is 0 Å². The van der Waals surface area contributed by atoms with Crippen LogP contribution in [0.1, 0.15) is 36.4 Å². The second kappa shape index (κ2) is 7.45. The highest BCUT2D eigenvalue weighted by atomic mass is 32.1. The third-order valence-corrected chi connectivity index (χ3v) is 3.82. The molecule has 0 fully saturated rings. The number of hydrogen-bond donors (Lipinski definition) is 0. The zero-order valence-corrected chi connectivity index (χ0v) is 11.6. The second-order valence-corrected chi connectivity index (χ2v) is 4.92. The molecule has 0 N–H and O–H groups in total. The van der Waals surface area contributed by atoms with E-state index >= 15 is 0 Å². The smallest absolute Gasteiger partial charge is 0.160 e. The van der Waals surface area contributed by atoms with Gasteiger partial charge in [-0.3, -0.25) is 4.79 Å². The Labute approximate surface area is 107 Å². The van der Waals surface area contributed by atoms with Crippen LogP contribution in [0.5, 0.6) is 0 Å². The fourth-order valence-corrected chi connectivity index (χ4v) is 2.70. The number of rotatable bonds is 8. The molecule has 0 unspecified atom stereocenters. The molecule has 1 aromatic rings. The lowest BCUT2D eigenvalue weighted by Gasteiger charge is -2.31. The van der Waals surface area contributed by atoms with E-state index in [-0.39, 0.29) is 0 Å². The van der Waals surface area contributed by atoms with Crippen LogP contribution < -0.4 is 4.90 Å². The number of carbonyl (C=O) groups excluding carboxylic acids is 1. The van der Waals surface area contributed by atoms with E-state index in [1.807, 2.05) is 6.07 Å². The van der Waals surface area contributed by atoms with Crippen molar-refractivity contribution >= 4 is 23.3 Å². The van der Waals surface area contributed by atoms with Crippen molar-refractivity contribution in [2.75, 3.05) is 25.2 Å². The van der Waals surface area contributed by atoms with Gasteiger partial charge in [0.25, 0.3) is 0 Å². The zero-order valence-electron chi connectivity index (χ0n) is 10.8. The molecule has 96 valence electrons. The number of methoxy groups -OCH3 is 1. The minimum Gasteiger partial charge on any atom is -0.383 e. The third-order valence-electron chi connectivity index (χ3n) is 2.97. The van der Waals surface area contributed by atoms with Gasteiger partial charge in [0, 0.05) is 30.8 Å². The minimum absolute atomic E-state index is 0.513. The molecule has 0 aromatic carbocycles. The normalized spacial score (nSPS) is 10.8. The van der Waals surface area contributed by atoms with Crippen molar-refractivity contribution in [3.8, 4) is 0 Å². The van der Waals surface area contributed by atoms with Gasteiger partial charge in [-0.15, -0.1) is 11.3 Å². The van der Waals surface area contributed by atoms with Gasteiger partial charge in [0.05, 0.1) is 11.5 Å². The highest BCUT2D eigenvalue weighted by Crippen LogP contribution is 2.25. The standard InChI is InChI=1S/C13H21NO2S/c1-4-11(5-2)14(6-7-16-3)12-8-13(9-15)17-10-12/h8-11H,4-7H2,1-3H3. The summed E-state index contributed by atoms with van der Waals surface area (Å²) in [6.07, 6.45) is 3.12. The summed E-state index contributed by atoms with van der Waals surface area (Å²) in [6, 6.07) is 2.48. The van der Waals surface area contributed by atoms with E-state index in [0.717, 1.165) is 36.2 Å². The summed E-state index contributed by atoms with van der Waals surface area (Å²) in [7, 11) is 1.72. The molecule has 0 aliphatic rings. The second-order valence-electron chi connectivity index (χ2n) is 3.98. The van der Waals surface area contributed by atoms with Crippen molar-refractivity contribution in [2.45, 2.75) is 32.7 Å². The third kappa shape index (κ3) is 3.82. The van der Waals surface area contributed by atoms with Crippen LogP contribution >= 0.6 is 11.3 Å². The number of hydrogen-bond acceptors (Lipinski definition) is 4. The molecule has 0 saturated carbocycles. The maximum absolute atomic E-state index is 10.7. The fraction of sp³-hybridized carbons (Fsp3) is 0.615. The summed E-state index contributed by atoms with van der Waals surface area (Å²) in [4.78, 5) is 13.9. The molecule has 0 atom stereocenters. The molecular weight excluding hydrogens is 234 g/mol. The van der Waals surface area contributed by atoms with Crippen LogP contribution in [0, 0.1) is 0 Å². The fourth-order valence-electron chi connectivity index (χ4n) is 2.00. The van der Waals surface area contributed by atoms with E-state index in [2.05, 4.69) is 24.1 Å². The lowest BCUT2D eigenvalue weighted by molar-refractivity contribution is 0.112. The minimum atomic E-state index is 0.513. The van der Waals surface area contributed by atoms with E-state index in [4.69, 9.17) is 4.74 Å². The van der Waals surface area contributed by atoms with E-state index in [9.17, 15) is 4.79 Å². The summed E-state index contributed by atoms with van der Waals surface area (Å²) in [5.74, 6) is 0. The Balaban J connectivity index is 2.83. The van der Waals surface area contributed by atoms with Crippen LogP contribution in [0.25, 0.3) is 0 Å². The Morgan fingerprint density at radius 1 is 1.47 bits per heavy atom. The SMILES string of the molecule is CCC(CC)N(CCOC)c1csc(C=O)c1. The molecule has 1 rings (SSSR count). The van der Waals surface area contributed by atoms with Crippen molar-refractivity contribution < 1.29 is 9.53 Å². The van der Waals surface area contributed by atoms with Crippen LogP contribution in [0.3, 0.4) is 0 Å². The van der Waals surface area contributed by atoms with Gasteiger partial charge in [0.1, 0.15) is 0 Å². The molecule has 4 heteroatoms. The molecule has 1 aromatic heterocycles. The highest BCUT2D eigenvalue weighted by molar-refractivity contribution is 7.12. The number of aldehydes is 1. The molecular formula is C13H21NO2S. The molecule has 0 aliphatic carbocycles.